The minimum Gasteiger partial charge on any atom is -0.373 e. The van der Waals surface area contributed by atoms with Crippen LogP contribution in [0.3, 0.4) is 0 Å². The fourth-order valence-electron chi connectivity index (χ4n) is 5.49. The minimum atomic E-state index is 0.255. The molecule has 2 N–H and O–H groups in total. The van der Waals surface area contributed by atoms with E-state index in [1.165, 1.54) is 32.1 Å². The average molecular weight is 293 g/mol. The van der Waals surface area contributed by atoms with Gasteiger partial charge in [0.1, 0.15) is 0 Å². The third kappa shape index (κ3) is 2.37. The summed E-state index contributed by atoms with van der Waals surface area (Å²) in [5.74, 6) is 2.41. The quantitative estimate of drug-likeness (QED) is 0.838. The maximum Gasteiger partial charge on any atom is 0.0732 e. The Balaban J connectivity index is 1.69. The maximum absolute atomic E-state index is 6.69. The van der Waals surface area contributed by atoms with Crippen LogP contribution in [0.5, 0.6) is 0 Å². The molecule has 3 fully saturated rings. The first-order chi connectivity index (χ1) is 9.75. The molecule has 0 spiro atoms. The number of rotatable bonds is 3. The zero-order valence-electron chi connectivity index (χ0n) is 14.7. The van der Waals surface area contributed by atoms with E-state index in [0.717, 1.165) is 24.2 Å². The van der Waals surface area contributed by atoms with Crippen molar-refractivity contribution in [1.82, 2.24) is 0 Å². The van der Waals surface area contributed by atoms with Crippen LogP contribution in [0.25, 0.3) is 0 Å². The first-order valence-corrected chi connectivity index (χ1v) is 9.16. The van der Waals surface area contributed by atoms with E-state index in [4.69, 9.17) is 10.5 Å². The Morgan fingerprint density at radius 2 is 1.76 bits per heavy atom. The van der Waals surface area contributed by atoms with Crippen LogP contribution in [0.4, 0.5) is 0 Å². The number of ether oxygens (including phenoxy) is 1. The second kappa shape index (κ2) is 5.23. The van der Waals surface area contributed by atoms with Gasteiger partial charge < -0.3 is 10.5 Å². The summed E-state index contributed by atoms with van der Waals surface area (Å²) in [5, 5.41) is 0. The first-order valence-electron chi connectivity index (χ1n) is 9.16. The fourth-order valence-corrected chi connectivity index (χ4v) is 5.49. The third-order valence-electron chi connectivity index (χ3n) is 7.88. The highest BCUT2D eigenvalue weighted by Gasteiger charge is 2.62. The topological polar surface area (TPSA) is 35.2 Å². The zero-order valence-corrected chi connectivity index (χ0v) is 14.7. The lowest BCUT2D eigenvalue weighted by Crippen LogP contribution is -2.47. The van der Waals surface area contributed by atoms with Gasteiger partial charge in [0.25, 0.3) is 0 Å². The van der Waals surface area contributed by atoms with Crippen LogP contribution < -0.4 is 5.73 Å². The van der Waals surface area contributed by atoms with Gasteiger partial charge in [-0.25, -0.2) is 0 Å². The summed E-state index contributed by atoms with van der Waals surface area (Å²) < 4.78 is 6.69. The van der Waals surface area contributed by atoms with Gasteiger partial charge in [0.05, 0.1) is 12.2 Å². The summed E-state index contributed by atoms with van der Waals surface area (Å²) in [4.78, 5) is 0. The lowest BCUT2D eigenvalue weighted by molar-refractivity contribution is -0.111. The van der Waals surface area contributed by atoms with E-state index in [2.05, 4.69) is 34.6 Å². The number of hydrogen-bond donors (Lipinski definition) is 1. The van der Waals surface area contributed by atoms with Gasteiger partial charge in [-0.15, -0.1) is 0 Å². The van der Waals surface area contributed by atoms with Crippen LogP contribution in [0.1, 0.15) is 73.1 Å². The molecule has 6 unspecified atom stereocenters. The van der Waals surface area contributed by atoms with Gasteiger partial charge in [0.2, 0.25) is 0 Å². The molecule has 122 valence electrons. The Morgan fingerprint density at radius 1 is 1.05 bits per heavy atom. The first kappa shape index (κ1) is 15.8. The molecular weight excluding hydrogens is 258 g/mol. The highest BCUT2D eigenvalue weighted by Crippen LogP contribution is 2.66. The van der Waals surface area contributed by atoms with Gasteiger partial charge in [0.15, 0.2) is 0 Å². The molecule has 0 amide bonds. The largest absolute Gasteiger partial charge is 0.373 e. The summed E-state index contributed by atoms with van der Waals surface area (Å²) in [6.07, 6.45) is 8.34. The molecule has 21 heavy (non-hydrogen) atoms. The molecular formula is C19H35NO. The summed E-state index contributed by atoms with van der Waals surface area (Å²) in [7, 11) is 0. The van der Waals surface area contributed by atoms with Gasteiger partial charge in [-0.05, 0) is 67.1 Å². The zero-order chi connectivity index (χ0) is 15.4. The molecule has 0 aromatic rings. The Kier molecular flexibility index (Phi) is 3.94. The molecule has 0 aliphatic heterocycles. The number of fused-ring (bicyclic) bond motifs is 2. The van der Waals surface area contributed by atoms with E-state index in [-0.39, 0.29) is 6.04 Å². The second-order valence-corrected chi connectivity index (χ2v) is 9.25. The van der Waals surface area contributed by atoms with Crippen molar-refractivity contribution in [2.24, 2.45) is 34.3 Å². The number of hydrogen-bond acceptors (Lipinski definition) is 2. The van der Waals surface area contributed by atoms with Crippen molar-refractivity contribution in [1.29, 1.82) is 0 Å². The molecule has 3 aliphatic rings. The second-order valence-electron chi connectivity index (χ2n) is 9.25. The lowest BCUT2D eigenvalue weighted by Gasteiger charge is -2.43. The molecule has 0 saturated heterocycles. The van der Waals surface area contributed by atoms with Crippen molar-refractivity contribution in [2.75, 3.05) is 0 Å². The average Bonchev–Trinajstić information content (AvgIpc) is 2.74. The summed E-state index contributed by atoms with van der Waals surface area (Å²) in [6, 6.07) is 0.255. The Hall–Kier alpha value is -0.0800. The van der Waals surface area contributed by atoms with Crippen molar-refractivity contribution < 1.29 is 4.74 Å². The van der Waals surface area contributed by atoms with Crippen LogP contribution in [-0.4, -0.2) is 18.2 Å². The molecule has 6 atom stereocenters. The Bertz CT molecular complexity index is 391. The third-order valence-corrected chi connectivity index (χ3v) is 7.88. The Labute approximate surface area is 131 Å². The van der Waals surface area contributed by atoms with E-state index in [9.17, 15) is 0 Å². The molecule has 3 aliphatic carbocycles. The molecule has 2 heteroatoms. The van der Waals surface area contributed by atoms with Gasteiger partial charge in [-0.1, -0.05) is 34.6 Å². The van der Waals surface area contributed by atoms with E-state index >= 15 is 0 Å². The Morgan fingerprint density at radius 3 is 2.29 bits per heavy atom. The monoisotopic (exact) mass is 293 g/mol. The van der Waals surface area contributed by atoms with Gasteiger partial charge in [-0.3, -0.25) is 0 Å². The van der Waals surface area contributed by atoms with E-state index in [1.54, 1.807) is 0 Å². The SMILES string of the molecule is CC(C)C1CCC(N)C(OC2CC3CCC2(C)C3(C)C)C1. The van der Waals surface area contributed by atoms with Crippen LogP contribution >= 0.6 is 0 Å². The molecule has 0 radical (unpaired) electrons. The molecule has 2 nitrogen and oxygen atoms in total. The summed E-state index contributed by atoms with van der Waals surface area (Å²) in [6.45, 7) is 12.1. The predicted molar refractivity (Wildman–Crippen MR) is 88.0 cm³/mol. The number of nitrogens with two attached hydrogens (primary N) is 1. The summed E-state index contributed by atoms with van der Waals surface area (Å²) in [5.41, 5.74) is 7.20. The predicted octanol–water partition coefficient (Wildman–Crippen LogP) is 4.37. The standard InChI is InChI=1S/C19H35NO/c1-12(2)13-6-7-15(20)16(10-13)21-17-11-14-8-9-19(17,5)18(14,3)4/h12-17H,6-11,20H2,1-5H3. The van der Waals surface area contributed by atoms with E-state index in [1.807, 2.05) is 0 Å². The van der Waals surface area contributed by atoms with Gasteiger partial charge in [-0.2, -0.15) is 0 Å². The van der Waals surface area contributed by atoms with Crippen molar-refractivity contribution in [3.8, 4) is 0 Å². The van der Waals surface area contributed by atoms with Crippen LogP contribution in [-0.2, 0) is 4.74 Å². The minimum absolute atomic E-state index is 0.255. The lowest BCUT2D eigenvalue weighted by atomic mass is 9.69. The van der Waals surface area contributed by atoms with Crippen molar-refractivity contribution >= 4 is 0 Å². The molecule has 0 aromatic carbocycles. The molecule has 2 bridgehead atoms. The van der Waals surface area contributed by atoms with Crippen molar-refractivity contribution in [3.05, 3.63) is 0 Å². The molecule has 0 heterocycles. The van der Waals surface area contributed by atoms with Crippen LogP contribution in [0.15, 0.2) is 0 Å². The van der Waals surface area contributed by atoms with Gasteiger partial charge in [0, 0.05) is 6.04 Å². The molecule has 0 aromatic heterocycles. The normalized spacial score (nSPS) is 49.0. The smallest absolute Gasteiger partial charge is 0.0732 e. The van der Waals surface area contributed by atoms with Gasteiger partial charge >= 0.3 is 0 Å². The fraction of sp³-hybridized carbons (Fsp3) is 1.00. The van der Waals surface area contributed by atoms with E-state index in [0.29, 0.717) is 23.0 Å². The van der Waals surface area contributed by atoms with E-state index < -0.39 is 0 Å². The maximum atomic E-state index is 6.69. The summed E-state index contributed by atoms with van der Waals surface area (Å²) >= 11 is 0. The molecule has 3 rings (SSSR count). The van der Waals surface area contributed by atoms with Crippen LogP contribution in [0, 0.1) is 28.6 Å². The van der Waals surface area contributed by atoms with Crippen molar-refractivity contribution in [3.63, 3.8) is 0 Å². The van der Waals surface area contributed by atoms with Crippen LogP contribution in [0.2, 0.25) is 0 Å². The molecule has 3 saturated carbocycles. The highest BCUT2D eigenvalue weighted by molar-refractivity contribution is 5.11. The highest BCUT2D eigenvalue weighted by atomic mass is 16.5. The van der Waals surface area contributed by atoms with Crippen molar-refractivity contribution in [2.45, 2.75) is 91.4 Å².